The van der Waals surface area contributed by atoms with Crippen molar-refractivity contribution in [2.75, 3.05) is 21.3 Å². The number of hydrogen-bond donors (Lipinski definition) is 1. The molecule has 1 aromatic heterocycles. The lowest BCUT2D eigenvalue weighted by Gasteiger charge is -2.19. The van der Waals surface area contributed by atoms with E-state index in [1.54, 1.807) is 12.1 Å². The number of para-hydroxylation sites is 1. The Morgan fingerprint density at radius 3 is 2.13 bits per heavy atom. The fourth-order valence-electron chi connectivity index (χ4n) is 3.52. The molecule has 158 valence electrons. The van der Waals surface area contributed by atoms with Gasteiger partial charge in [0.25, 0.3) is 5.91 Å². The predicted octanol–water partition coefficient (Wildman–Crippen LogP) is 4.98. The van der Waals surface area contributed by atoms with Gasteiger partial charge in [0.05, 0.1) is 26.9 Å². The first-order chi connectivity index (χ1) is 15.1. The fraction of sp³-hybridized carbons (Fsp3) is 0.160. The summed E-state index contributed by atoms with van der Waals surface area (Å²) in [5, 5.41) is 4.05. The number of benzene rings is 3. The summed E-state index contributed by atoms with van der Waals surface area (Å²) in [5.41, 5.74) is 1.99. The summed E-state index contributed by atoms with van der Waals surface area (Å²) in [5.74, 6) is 1.61. The number of furan rings is 1. The summed E-state index contributed by atoms with van der Waals surface area (Å²) in [6, 6.07) is 22.1. The van der Waals surface area contributed by atoms with Gasteiger partial charge in [0.15, 0.2) is 11.5 Å². The third-order valence-corrected chi connectivity index (χ3v) is 5.09. The highest BCUT2D eigenvalue weighted by Gasteiger charge is 2.24. The number of fused-ring (bicyclic) bond motifs is 1. The normalized spacial score (nSPS) is 11.7. The first-order valence-corrected chi connectivity index (χ1v) is 9.79. The van der Waals surface area contributed by atoms with Crippen LogP contribution >= 0.6 is 0 Å². The van der Waals surface area contributed by atoms with E-state index < -0.39 is 6.04 Å². The molecular weight excluding hydrogens is 394 g/mol. The number of amides is 1. The minimum absolute atomic E-state index is 0.327. The molecule has 0 radical (unpaired) electrons. The lowest BCUT2D eigenvalue weighted by atomic mass is 10.0. The van der Waals surface area contributed by atoms with Crippen molar-refractivity contribution in [3.05, 3.63) is 89.7 Å². The van der Waals surface area contributed by atoms with Crippen LogP contribution < -0.4 is 19.5 Å². The van der Waals surface area contributed by atoms with Crippen molar-refractivity contribution in [1.29, 1.82) is 0 Å². The van der Waals surface area contributed by atoms with Crippen LogP contribution in [0, 0.1) is 0 Å². The highest BCUT2D eigenvalue weighted by Crippen LogP contribution is 2.35. The molecule has 6 heteroatoms. The summed E-state index contributed by atoms with van der Waals surface area (Å²) >= 11 is 0. The topological polar surface area (TPSA) is 69.9 Å². The van der Waals surface area contributed by atoms with Gasteiger partial charge in [-0.2, -0.15) is 0 Å². The first kappa shape index (κ1) is 20.3. The second-order valence-corrected chi connectivity index (χ2v) is 6.91. The van der Waals surface area contributed by atoms with E-state index in [0.29, 0.717) is 28.6 Å². The molecule has 3 aromatic carbocycles. The van der Waals surface area contributed by atoms with Gasteiger partial charge in [-0.15, -0.1) is 0 Å². The lowest BCUT2D eigenvalue weighted by molar-refractivity contribution is 0.0935. The van der Waals surface area contributed by atoms with Crippen molar-refractivity contribution < 1.29 is 23.4 Å². The van der Waals surface area contributed by atoms with E-state index in [2.05, 4.69) is 5.32 Å². The van der Waals surface area contributed by atoms with Crippen LogP contribution in [0.15, 0.2) is 77.2 Å². The maximum absolute atomic E-state index is 13.3. The molecule has 31 heavy (non-hydrogen) atoms. The molecule has 0 bridgehead atoms. The number of nitrogens with one attached hydrogen (secondary N) is 1. The van der Waals surface area contributed by atoms with Crippen LogP contribution in [0.4, 0.5) is 0 Å². The number of rotatable bonds is 7. The zero-order chi connectivity index (χ0) is 21.8. The second kappa shape index (κ2) is 8.83. The molecule has 0 saturated carbocycles. The van der Waals surface area contributed by atoms with Crippen LogP contribution in [0.3, 0.4) is 0 Å². The molecule has 0 saturated heterocycles. The summed E-state index contributed by atoms with van der Waals surface area (Å²) in [6.45, 7) is 0. The Morgan fingerprint density at radius 2 is 1.45 bits per heavy atom. The molecule has 1 amide bonds. The zero-order valence-electron chi connectivity index (χ0n) is 17.5. The van der Waals surface area contributed by atoms with Crippen molar-refractivity contribution in [2.45, 2.75) is 6.04 Å². The molecule has 0 aliphatic rings. The van der Waals surface area contributed by atoms with Crippen molar-refractivity contribution >= 4 is 16.9 Å². The standard InChI is InChI=1S/C25H23NO5/c1-28-20-15-22(30-3)21(29-2)14-18(20)25(27)26-24(16-9-5-4-6-10-16)23-13-17-11-7-8-12-19(17)31-23/h4-15,24H,1-3H3,(H,26,27). The van der Waals surface area contributed by atoms with Crippen LogP contribution in [-0.2, 0) is 0 Å². The lowest BCUT2D eigenvalue weighted by Crippen LogP contribution is -2.29. The average Bonchev–Trinajstić information content (AvgIpc) is 3.25. The Balaban J connectivity index is 1.75. The van der Waals surface area contributed by atoms with Crippen LogP contribution in [-0.4, -0.2) is 27.2 Å². The highest BCUT2D eigenvalue weighted by molar-refractivity contribution is 5.98. The molecular formula is C25H23NO5. The SMILES string of the molecule is COc1cc(OC)c(C(=O)NC(c2ccccc2)c2cc3ccccc3o2)cc1OC. The average molecular weight is 417 g/mol. The predicted molar refractivity (Wildman–Crippen MR) is 118 cm³/mol. The van der Waals surface area contributed by atoms with E-state index >= 15 is 0 Å². The molecule has 4 rings (SSSR count). The molecule has 1 atom stereocenters. The molecule has 6 nitrogen and oxygen atoms in total. The maximum atomic E-state index is 13.3. The zero-order valence-corrected chi connectivity index (χ0v) is 17.5. The minimum Gasteiger partial charge on any atom is -0.496 e. The van der Waals surface area contributed by atoms with E-state index in [-0.39, 0.29) is 5.91 Å². The smallest absolute Gasteiger partial charge is 0.256 e. The summed E-state index contributed by atoms with van der Waals surface area (Å²) < 4.78 is 22.2. The van der Waals surface area contributed by atoms with Crippen molar-refractivity contribution in [3.63, 3.8) is 0 Å². The van der Waals surface area contributed by atoms with Crippen molar-refractivity contribution in [2.24, 2.45) is 0 Å². The first-order valence-electron chi connectivity index (χ1n) is 9.79. The summed E-state index contributed by atoms with van der Waals surface area (Å²) in [4.78, 5) is 13.3. The van der Waals surface area contributed by atoms with Gasteiger partial charge in [0.2, 0.25) is 0 Å². The number of carbonyl (C=O) groups excluding carboxylic acids is 1. The fourth-order valence-corrected chi connectivity index (χ4v) is 3.52. The van der Waals surface area contributed by atoms with Gasteiger partial charge in [-0.05, 0) is 17.7 Å². The third-order valence-electron chi connectivity index (χ3n) is 5.09. The monoisotopic (exact) mass is 417 g/mol. The van der Waals surface area contributed by atoms with Crippen LogP contribution in [0.5, 0.6) is 17.2 Å². The Morgan fingerprint density at radius 1 is 0.806 bits per heavy atom. The van der Waals surface area contributed by atoms with E-state index in [1.165, 1.54) is 21.3 Å². The Hall–Kier alpha value is -3.93. The van der Waals surface area contributed by atoms with Crippen molar-refractivity contribution in [3.8, 4) is 17.2 Å². The third kappa shape index (κ3) is 4.05. The maximum Gasteiger partial charge on any atom is 0.256 e. The van der Waals surface area contributed by atoms with Gasteiger partial charge >= 0.3 is 0 Å². The van der Waals surface area contributed by atoms with E-state index in [0.717, 1.165) is 16.5 Å². The van der Waals surface area contributed by atoms with E-state index in [1.807, 2.05) is 60.7 Å². The van der Waals surface area contributed by atoms with E-state index in [9.17, 15) is 4.79 Å². The Labute approximate surface area is 180 Å². The molecule has 1 heterocycles. The number of hydrogen-bond acceptors (Lipinski definition) is 5. The van der Waals surface area contributed by atoms with Gasteiger partial charge in [-0.1, -0.05) is 48.5 Å². The van der Waals surface area contributed by atoms with Gasteiger partial charge in [-0.3, -0.25) is 4.79 Å². The molecule has 1 N–H and O–H groups in total. The quantitative estimate of drug-likeness (QED) is 0.459. The minimum atomic E-state index is -0.487. The Bertz CT molecular complexity index is 1170. The molecule has 4 aromatic rings. The van der Waals surface area contributed by atoms with Gasteiger partial charge < -0.3 is 23.9 Å². The number of carbonyl (C=O) groups is 1. The number of methoxy groups -OCH3 is 3. The largest absolute Gasteiger partial charge is 0.496 e. The molecule has 1 unspecified atom stereocenters. The molecule has 0 aliphatic carbocycles. The summed E-state index contributed by atoms with van der Waals surface area (Å²) in [6.07, 6.45) is 0. The second-order valence-electron chi connectivity index (χ2n) is 6.91. The molecule has 0 spiro atoms. The Kier molecular flexibility index (Phi) is 5.80. The molecule has 0 fully saturated rings. The number of ether oxygens (including phenoxy) is 3. The van der Waals surface area contributed by atoms with Crippen molar-refractivity contribution in [1.82, 2.24) is 5.32 Å². The van der Waals surface area contributed by atoms with Crippen LogP contribution in [0.2, 0.25) is 0 Å². The van der Waals surface area contributed by atoms with Gasteiger partial charge in [-0.25, -0.2) is 0 Å². The summed E-state index contributed by atoms with van der Waals surface area (Å²) in [7, 11) is 4.56. The highest BCUT2D eigenvalue weighted by atomic mass is 16.5. The van der Waals surface area contributed by atoms with Crippen LogP contribution in [0.25, 0.3) is 11.0 Å². The molecule has 0 aliphatic heterocycles. The van der Waals surface area contributed by atoms with Gasteiger partial charge in [0, 0.05) is 17.5 Å². The van der Waals surface area contributed by atoms with Crippen LogP contribution in [0.1, 0.15) is 27.7 Å². The van der Waals surface area contributed by atoms with E-state index in [4.69, 9.17) is 18.6 Å². The van der Waals surface area contributed by atoms with Gasteiger partial charge in [0.1, 0.15) is 23.1 Å².